The maximum Gasteiger partial charge on any atom is 0.254 e. The minimum atomic E-state index is -0.308. The Balaban J connectivity index is 2.08. The first kappa shape index (κ1) is 15.7. The molecule has 21 heavy (non-hydrogen) atoms. The third-order valence-corrected chi connectivity index (χ3v) is 3.38. The monoisotopic (exact) mass is 293 g/mol. The number of ether oxygens (including phenoxy) is 1. The first-order valence-electron chi connectivity index (χ1n) is 7.39. The average Bonchev–Trinajstić information content (AvgIpc) is 2.51. The van der Waals surface area contributed by atoms with Gasteiger partial charge < -0.3 is 20.1 Å². The molecule has 0 bridgehead atoms. The molecule has 2 N–H and O–H groups in total. The average molecular weight is 293 g/mol. The Labute approximate surface area is 125 Å². The molecule has 2 atom stereocenters. The van der Waals surface area contributed by atoms with E-state index in [2.05, 4.69) is 17.2 Å². The van der Waals surface area contributed by atoms with Crippen LogP contribution in [-0.2, 0) is 4.74 Å². The number of aliphatic hydroxyl groups is 1. The van der Waals surface area contributed by atoms with Crippen LogP contribution in [0.4, 0.5) is 5.82 Å². The van der Waals surface area contributed by atoms with Crippen LogP contribution in [0.25, 0.3) is 0 Å². The number of carbonyl (C=O) groups is 1. The summed E-state index contributed by atoms with van der Waals surface area (Å²) in [6.07, 6.45) is 2.26. The molecular weight excluding hydrogens is 270 g/mol. The second kappa shape index (κ2) is 7.38. The molecule has 2 heterocycles. The number of nitrogens with one attached hydrogen (secondary N) is 1. The summed E-state index contributed by atoms with van der Waals surface area (Å²) in [6.45, 7) is 5.68. The molecular formula is C15H23N3O3. The van der Waals surface area contributed by atoms with Crippen LogP contribution in [0.3, 0.4) is 0 Å². The van der Waals surface area contributed by atoms with Crippen molar-refractivity contribution in [3.8, 4) is 0 Å². The zero-order valence-electron chi connectivity index (χ0n) is 12.6. The molecule has 1 saturated heterocycles. The molecule has 2 unspecified atom stereocenters. The lowest BCUT2D eigenvalue weighted by molar-refractivity contribution is -0.0858. The normalized spacial score (nSPS) is 22.1. The summed E-state index contributed by atoms with van der Waals surface area (Å²) >= 11 is 0. The van der Waals surface area contributed by atoms with E-state index in [4.69, 9.17) is 4.74 Å². The van der Waals surface area contributed by atoms with E-state index in [0.29, 0.717) is 24.5 Å². The molecule has 0 saturated carbocycles. The highest BCUT2D eigenvalue weighted by Gasteiger charge is 2.28. The zero-order valence-corrected chi connectivity index (χ0v) is 12.6. The van der Waals surface area contributed by atoms with E-state index in [1.165, 1.54) is 0 Å². The molecule has 1 aromatic rings. The van der Waals surface area contributed by atoms with Gasteiger partial charge in [-0.15, -0.1) is 0 Å². The number of carbonyl (C=O) groups excluding carboxylic acids is 1. The number of amides is 1. The van der Waals surface area contributed by atoms with Crippen molar-refractivity contribution in [2.24, 2.45) is 0 Å². The van der Waals surface area contributed by atoms with Crippen molar-refractivity contribution >= 4 is 11.7 Å². The van der Waals surface area contributed by atoms with E-state index in [-0.39, 0.29) is 24.7 Å². The van der Waals surface area contributed by atoms with Gasteiger partial charge in [0.15, 0.2) is 0 Å². The van der Waals surface area contributed by atoms with Crippen LogP contribution in [0.2, 0.25) is 0 Å². The van der Waals surface area contributed by atoms with Crippen LogP contribution in [0.1, 0.15) is 30.6 Å². The summed E-state index contributed by atoms with van der Waals surface area (Å²) in [7, 11) is 0. The Morgan fingerprint density at radius 1 is 1.57 bits per heavy atom. The minimum absolute atomic E-state index is 0.0504. The van der Waals surface area contributed by atoms with E-state index in [0.717, 1.165) is 13.0 Å². The van der Waals surface area contributed by atoms with Crippen molar-refractivity contribution in [3.63, 3.8) is 0 Å². The largest absolute Gasteiger partial charge is 0.394 e. The van der Waals surface area contributed by atoms with Gasteiger partial charge in [-0.05, 0) is 25.5 Å². The van der Waals surface area contributed by atoms with Gasteiger partial charge in [-0.25, -0.2) is 4.98 Å². The summed E-state index contributed by atoms with van der Waals surface area (Å²) in [6, 6.07) is 3.49. The molecule has 6 heteroatoms. The molecule has 2 rings (SSSR count). The molecule has 1 fully saturated rings. The molecule has 116 valence electrons. The highest BCUT2D eigenvalue weighted by atomic mass is 16.5. The quantitative estimate of drug-likeness (QED) is 0.851. The van der Waals surface area contributed by atoms with Crippen molar-refractivity contribution in [2.45, 2.75) is 32.5 Å². The Kier molecular flexibility index (Phi) is 5.52. The molecule has 1 aromatic heterocycles. The second-order valence-corrected chi connectivity index (χ2v) is 5.32. The summed E-state index contributed by atoms with van der Waals surface area (Å²) < 4.78 is 5.56. The summed E-state index contributed by atoms with van der Waals surface area (Å²) in [5, 5.41) is 12.4. The number of rotatable bonds is 5. The van der Waals surface area contributed by atoms with Gasteiger partial charge in [0.05, 0.1) is 18.8 Å². The zero-order chi connectivity index (χ0) is 15.2. The number of morpholine rings is 1. The fourth-order valence-corrected chi connectivity index (χ4v) is 2.41. The number of anilines is 1. The molecule has 1 amide bonds. The highest BCUT2D eigenvalue weighted by molar-refractivity contribution is 5.95. The predicted octanol–water partition coefficient (Wildman–Crippen LogP) is 1.13. The summed E-state index contributed by atoms with van der Waals surface area (Å²) in [4.78, 5) is 18.5. The first-order chi connectivity index (χ1) is 10.1. The molecule has 0 radical (unpaired) electrons. The predicted molar refractivity (Wildman–Crippen MR) is 80.3 cm³/mol. The van der Waals surface area contributed by atoms with Crippen LogP contribution in [0.5, 0.6) is 0 Å². The van der Waals surface area contributed by atoms with E-state index in [1.54, 1.807) is 23.2 Å². The fraction of sp³-hybridized carbons (Fsp3) is 0.600. The number of nitrogens with zero attached hydrogens (tertiary/aromatic N) is 2. The number of hydrogen-bond donors (Lipinski definition) is 2. The van der Waals surface area contributed by atoms with Crippen molar-refractivity contribution in [1.29, 1.82) is 0 Å². The maximum absolute atomic E-state index is 12.6. The Morgan fingerprint density at radius 3 is 3.10 bits per heavy atom. The highest BCUT2D eigenvalue weighted by Crippen LogP contribution is 2.16. The van der Waals surface area contributed by atoms with Gasteiger partial charge in [-0.1, -0.05) is 6.92 Å². The van der Waals surface area contributed by atoms with Crippen molar-refractivity contribution < 1.29 is 14.6 Å². The lowest BCUT2D eigenvalue weighted by atomic mass is 10.1. The number of pyridine rings is 1. The number of hydrogen-bond acceptors (Lipinski definition) is 5. The van der Waals surface area contributed by atoms with Crippen molar-refractivity contribution in [1.82, 2.24) is 9.88 Å². The lowest BCUT2D eigenvalue weighted by Gasteiger charge is -2.36. The van der Waals surface area contributed by atoms with Gasteiger partial charge in [0.25, 0.3) is 5.91 Å². The van der Waals surface area contributed by atoms with Crippen molar-refractivity contribution in [3.05, 3.63) is 23.9 Å². The van der Waals surface area contributed by atoms with Crippen LogP contribution in [0, 0.1) is 0 Å². The van der Waals surface area contributed by atoms with Gasteiger partial charge in [0, 0.05) is 31.4 Å². The van der Waals surface area contributed by atoms with Crippen LogP contribution >= 0.6 is 0 Å². The van der Waals surface area contributed by atoms with Gasteiger partial charge in [-0.3, -0.25) is 4.79 Å². The molecule has 0 aromatic carbocycles. The number of aromatic nitrogens is 1. The Bertz CT molecular complexity index is 481. The molecule has 6 nitrogen and oxygen atoms in total. The maximum atomic E-state index is 12.6. The van der Waals surface area contributed by atoms with E-state index < -0.39 is 0 Å². The smallest absolute Gasteiger partial charge is 0.254 e. The van der Waals surface area contributed by atoms with Gasteiger partial charge >= 0.3 is 0 Å². The standard InChI is InChI=1S/C15H23N3O3/c1-3-5-16-14-7-12(4-6-17-14)15(20)18-8-11(2)21-13(9-18)10-19/h4,6-7,11,13,19H,3,5,8-10H2,1-2H3,(H,16,17). The van der Waals surface area contributed by atoms with Crippen LogP contribution < -0.4 is 5.32 Å². The third kappa shape index (κ3) is 4.15. The topological polar surface area (TPSA) is 74.7 Å². The molecule has 1 aliphatic heterocycles. The van der Waals surface area contributed by atoms with Gasteiger partial charge in [-0.2, -0.15) is 0 Å². The van der Waals surface area contributed by atoms with E-state index in [1.807, 2.05) is 6.92 Å². The first-order valence-corrected chi connectivity index (χ1v) is 7.39. The van der Waals surface area contributed by atoms with E-state index >= 15 is 0 Å². The molecule has 0 aliphatic carbocycles. The molecule has 0 spiro atoms. The lowest BCUT2D eigenvalue weighted by Crippen LogP contribution is -2.50. The summed E-state index contributed by atoms with van der Waals surface area (Å²) in [5.74, 6) is 0.660. The van der Waals surface area contributed by atoms with Crippen LogP contribution in [-0.4, -0.2) is 59.3 Å². The molecule has 1 aliphatic rings. The Morgan fingerprint density at radius 2 is 2.38 bits per heavy atom. The Hall–Kier alpha value is -1.66. The van der Waals surface area contributed by atoms with Gasteiger partial charge in [0.2, 0.25) is 0 Å². The van der Waals surface area contributed by atoms with Crippen molar-refractivity contribution in [2.75, 3.05) is 31.6 Å². The SMILES string of the molecule is CCCNc1cc(C(=O)N2CC(C)OC(CO)C2)ccn1. The van der Waals surface area contributed by atoms with Crippen LogP contribution in [0.15, 0.2) is 18.3 Å². The van der Waals surface area contributed by atoms with Gasteiger partial charge in [0.1, 0.15) is 5.82 Å². The van der Waals surface area contributed by atoms with E-state index in [9.17, 15) is 9.90 Å². The number of aliphatic hydroxyl groups excluding tert-OH is 1. The fourth-order valence-electron chi connectivity index (χ4n) is 2.41. The minimum Gasteiger partial charge on any atom is -0.394 e. The second-order valence-electron chi connectivity index (χ2n) is 5.32. The third-order valence-electron chi connectivity index (χ3n) is 3.38. The summed E-state index contributed by atoms with van der Waals surface area (Å²) in [5.41, 5.74) is 0.606.